The predicted molar refractivity (Wildman–Crippen MR) is 158 cm³/mol. The van der Waals surface area contributed by atoms with Gasteiger partial charge in [0.1, 0.15) is 35.7 Å². The number of nitrogens with one attached hydrogen (secondary N) is 1. The number of methoxy groups -OCH3 is 1. The zero-order valence-electron chi connectivity index (χ0n) is 22.7. The van der Waals surface area contributed by atoms with E-state index in [4.69, 9.17) is 26.1 Å². The molecule has 1 N–H and O–H groups in total. The molecule has 2 heterocycles. The van der Waals surface area contributed by atoms with Crippen molar-refractivity contribution in [1.29, 1.82) is 0 Å². The summed E-state index contributed by atoms with van der Waals surface area (Å²) in [6.07, 6.45) is -0.191. The molecule has 2 unspecified atom stereocenters. The second-order valence-electron chi connectivity index (χ2n) is 10.0. The summed E-state index contributed by atoms with van der Waals surface area (Å²) >= 11 is 9.68. The Labute approximate surface area is 251 Å². The zero-order valence-corrected chi connectivity index (χ0v) is 25.1. The van der Waals surface area contributed by atoms with Crippen LogP contribution in [0.3, 0.4) is 0 Å². The topological polar surface area (TPSA) is 83.5 Å². The second kappa shape index (κ2) is 12.1. The first-order valence-electron chi connectivity index (χ1n) is 13.1. The van der Waals surface area contributed by atoms with Crippen LogP contribution in [0.4, 0.5) is 9.18 Å². The Morgan fingerprint density at radius 2 is 1.90 bits per heavy atom. The molecule has 2 aliphatic rings. The van der Waals surface area contributed by atoms with Crippen molar-refractivity contribution in [3.05, 3.63) is 92.7 Å². The lowest BCUT2D eigenvalue weighted by Crippen LogP contribution is -2.55. The molecular weight excluding hydrogens is 615 g/mol. The lowest BCUT2D eigenvalue weighted by atomic mass is 9.93. The van der Waals surface area contributed by atoms with Crippen molar-refractivity contribution in [2.45, 2.75) is 32.0 Å². The molecule has 1 saturated heterocycles. The maximum absolute atomic E-state index is 15.5. The van der Waals surface area contributed by atoms with E-state index < -0.39 is 23.9 Å². The molecule has 3 amide bonds. The standard InChI is InChI=1S/C30H29BrClFN4O4/c1-17(2)41-25-15-21(40-3)9-10-22(25)29-35-27(23-14-19(31)6-11-24(23)33)28(18-4-7-20(32)8-5-18)37(29)30(39)36-13-12-34-26(38)16-36/h4-11,14-15,17,27-28H,12-13,16H2,1-3H3,(H,34,38). The number of rotatable bonds is 6. The first kappa shape index (κ1) is 28.9. The van der Waals surface area contributed by atoms with Crippen molar-refractivity contribution >= 4 is 45.3 Å². The lowest BCUT2D eigenvalue weighted by molar-refractivity contribution is -0.123. The summed E-state index contributed by atoms with van der Waals surface area (Å²) < 4.78 is 27.7. The summed E-state index contributed by atoms with van der Waals surface area (Å²) in [5, 5.41) is 3.28. The van der Waals surface area contributed by atoms with Crippen molar-refractivity contribution < 1.29 is 23.5 Å². The van der Waals surface area contributed by atoms with Gasteiger partial charge in [0.25, 0.3) is 0 Å². The van der Waals surface area contributed by atoms with Crippen molar-refractivity contribution in [1.82, 2.24) is 15.1 Å². The van der Waals surface area contributed by atoms with E-state index in [1.54, 1.807) is 66.6 Å². The van der Waals surface area contributed by atoms with E-state index in [2.05, 4.69) is 21.2 Å². The number of urea groups is 1. The molecule has 2 aliphatic heterocycles. The number of benzene rings is 3. The van der Waals surface area contributed by atoms with Gasteiger partial charge in [0.15, 0.2) is 0 Å². The third-order valence-corrected chi connectivity index (χ3v) is 7.61. The number of ether oxygens (including phenoxy) is 2. The highest BCUT2D eigenvalue weighted by molar-refractivity contribution is 9.10. The van der Waals surface area contributed by atoms with Gasteiger partial charge in [0.2, 0.25) is 5.91 Å². The molecule has 214 valence electrons. The highest BCUT2D eigenvalue weighted by Gasteiger charge is 2.46. The maximum Gasteiger partial charge on any atom is 0.326 e. The largest absolute Gasteiger partial charge is 0.497 e. The third kappa shape index (κ3) is 6.04. The highest BCUT2D eigenvalue weighted by atomic mass is 79.9. The van der Waals surface area contributed by atoms with Crippen LogP contribution in [0.5, 0.6) is 11.5 Å². The Balaban J connectivity index is 1.74. The number of hydrogen-bond acceptors (Lipinski definition) is 5. The van der Waals surface area contributed by atoms with Gasteiger partial charge < -0.3 is 19.7 Å². The van der Waals surface area contributed by atoms with E-state index in [9.17, 15) is 9.59 Å². The first-order valence-corrected chi connectivity index (χ1v) is 14.3. The Kier molecular flexibility index (Phi) is 8.51. The molecule has 0 aromatic heterocycles. The molecule has 0 radical (unpaired) electrons. The van der Waals surface area contributed by atoms with Gasteiger partial charge in [0, 0.05) is 34.2 Å². The molecular formula is C30H29BrClFN4O4. The number of nitrogens with zero attached hydrogens (tertiary/aromatic N) is 3. The SMILES string of the molecule is COc1ccc(C2=NC(c3cc(Br)ccc3F)C(c3ccc(Cl)cc3)N2C(=O)N2CCNC(=O)C2)c(OC(C)C)c1. The fourth-order valence-corrected chi connectivity index (χ4v) is 5.54. The van der Waals surface area contributed by atoms with Crippen molar-refractivity contribution in [2.24, 2.45) is 4.99 Å². The normalized spacial score (nSPS) is 18.8. The fraction of sp³-hybridized carbons (Fsp3) is 0.300. The molecule has 41 heavy (non-hydrogen) atoms. The van der Waals surface area contributed by atoms with Gasteiger partial charge in [-0.25, -0.2) is 9.18 Å². The number of aliphatic imine (C=N–C) groups is 1. The quantitative estimate of drug-likeness (QED) is 0.350. The monoisotopic (exact) mass is 642 g/mol. The Morgan fingerprint density at radius 1 is 1.15 bits per heavy atom. The van der Waals surface area contributed by atoms with Gasteiger partial charge in [-0.05, 0) is 61.9 Å². The third-order valence-electron chi connectivity index (χ3n) is 6.86. The minimum Gasteiger partial charge on any atom is -0.497 e. The highest BCUT2D eigenvalue weighted by Crippen LogP contribution is 2.46. The number of carbonyl (C=O) groups excluding carboxylic acids is 2. The molecule has 1 fully saturated rings. The summed E-state index contributed by atoms with van der Waals surface area (Å²) in [4.78, 5) is 34.7. The molecule has 5 rings (SSSR count). The molecule has 3 aromatic rings. The number of hydrogen-bond donors (Lipinski definition) is 1. The molecule has 0 spiro atoms. The van der Waals surface area contributed by atoms with Crippen LogP contribution in [0.15, 0.2) is 70.1 Å². The average Bonchev–Trinajstić information content (AvgIpc) is 3.34. The minimum atomic E-state index is -0.819. The van der Waals surface area contributed by atoms with Crippen molar-refractivity contribution in [3.8, 4) is 11.5 Å². The molecule has 0 aliphatic carbocycles. The minimum absolute atomic E-state index is 0.107. The van der Waals surface area contributed by atoms with Crippen LogP contribution in [0.2, 0.25) is 5.02 Å². The van der Waals surface area contributed by atoms with E-state index in [1.807, 2.05) is 13.8 Å². The molecule has 3 aromatic carbocycles. The Bertz CT molecular complexity index is 1500. The van der Waals surface area contributed by atoms with Gasteiger partial charge in [-0.1, -0.05) is 39.7 Å². The number of halogens is 3. The second-order valence-corrected chi connectivity index (χ2v) is 11.4. The lowest BCUT2D eigenvalue weighted by Gasteiger charge is -2.36. The Hall–Kier alpha value is -3.63. The molecule has 11 heteroatoms. The van der Waals surface area contributed by atoms with Crippen molar-refractivity contribution in [2.75, 3.05) is 26.7 Å². The molecule has 0 saturated carbocycles. The van der Waals surface area contributed by atoms with E-state index >= 15 is 4.39 Å². The van der Waals surface area contributed by atoms with E-state index in [-0.39, 0.29) is 18.6 Å². The van der Waals surface area contributed by atoms with E-state index in [0.29, 0.717) is 56.6 Å². The number of piperazine rings is 1. The van der Waals surface area contributed by atoms with Gasteiger partial charge >= 0.3 is 6.03 Å². The summed E-state index contributed by atoms with van der Waals surface area (Å²) in [6.45, 7) is 4.32. The van der Waals surface area contributed by atoms with Crippen molar-refractivity contribution in [3.63, 3.8) is 0 Å². The van der Waals surface area contributed by atoms with Crippen LogP contribution < -0.4 is 14.8 Å². The fourth-order valence-electron chi connectivity index (χ4n) is 5.04. The maximum atomic E-state index is 15.5. The van der Waals surface area contributed by atoms with Gasteiger partial charge in [-0.3, -0.25) is 14.7 Å². The molecule has 2 atom stereocenters. The van der Waals surface area contributed by atoms with Gasteiger partial charge in [-0.15, -0.1) is 0 Å². The van der Waals surface area contributed by atoms with E-state index in [0.717, 1.165) is 0 Å². The molecule has 8 nitrogen and oxygen atoms in total. The van der Waals surface area contributed by atoms with Crippen LogP contribution in [-0.4, -0.2) is 60.4 Å². The molecule has 0 bridgehead atoms. The van der Waals surface area contributed by atoms with Crippen LogP contribution in [0.1, 0.15) is 42.6 Å². The van der Waals surface area contributed by atoms with E-state index in [1.165, 1.54) is 11.0 Å². The van der Waals surface area contributed by atoms with Crippen LogP contribution in [-0.2, 0) is 4.79 Å². The zero-order chi connectivity index (χ0) is 29.3. The predicted octanol–water partition coefficient (Wildman–Crippen LogP) is 6.13. The summed E-state index contributed by atoms with van der Waals surface area (Å²) in [6, 6.07) is 15.0. The van der Waals surface area contributed by atoms with Gasteiger partial charge in [-0.2, -0.15) is 0 Å². The summed E-state index contributed by atoms with van der Waals surface area (Å²) in [5.41, 5.74) is 1.54. The summed E-state index contributed by atoms with van der Waals surface area (Å²) in [7, 11) is 1.56. The summed E-state index contributed by atoms with van der Waals surface area (Å²) in [5.74, 6) is 0.604. The smallest absolute Gasteiger partial charge is 0.326 e. The Morgan fingerprint density at radius 3 is 2.59 bits per heavy atom. The van der Waals surface area contributed by atoms with Crippen LogP contribution in [0, 0.1) is 5.82 Å². The average molecular weight is 644 g/mol. The number of amides is 3. The van der Waals surface area contributed by atoms with Crippen LogP contribution in [0.25, 0.3) is 0 Å². The number of amidine groups is 1. The van der Waals surface area contributed by atoms with Gasteiger partial charge in [0.05, 0.1) is 24.8 Å². The van der Waals surface area contributed by atoms with Crippen LogP contribution >= 0.6 is 27.5 Å². The first-order chi connectivity index (χ1) is 19.7. The number of carbonyl (C=O) groups is 2.